The van der Waals surface area contributed by atoms with Crippen molar-refractivity contribution in [1.82, 2.24) is 4.90 Å². The number of nitrogens with two attached hydrogens (primary N) is 1. The van der Waals surface area contributed by atoms with Gasteiger partial charge in [-0.2, -0.15) is 0 Å². The van der Waals surface area contributed by atoms with Crippen LogP contribution < -0.4 is 5.73 Å². The Morgan fingerprint density at radius 3 is 2.93 bits per heavy atom. The smallest absolute Gasteiger partial charge is 0.249 e. The fourth-order valence-electron chi connectivity index (χ4n) is 1.56. The molecule has 79 valence electrons. The van der Waals surface area contributed by atoms with Crippen molar-refractivity contribution in [3.8, 4) is 0 Å². The third-order valence-electron chi connectivity index (χ3n) is 2.21. The van der Waals surface area contributed by atoms with Crippen LogP contribution in [0.1, 0.15) is 12.8 Å². The summed E-state index contributed by atoms with van der Waals surface area (Å²) in [6.07, 6.45) is 3.48. The summed E-state index contributed by atoms with van der Waals surface area (Å²) in [6, 6.07) is -0.564. The Hall–Kier alpha value is -1.10. The molecule has 1 heterocycles. The van der Waals surface area contributed by atoms with Gasteiger partial charge in [-0.15, -0.1) is 0 Å². The Balaban J connectivity index is 2.62. The summed E-state index contributed by atoms with van der Waals surface area (Å²) in [4.78, 5) is 24.0. The van der Waals surface area contributed by atoms with E-state index < -0.39 is 11.9 Å². The van der Waals surface area contributed by atoms with Crippen LogP contribution in [-0.2, 0) is 14.3 Å². The van der Waals surface area contributed by atoms with Gasteiger partial charge in [-0.3, -0.25) is 9.59 Å². The van der Waals surface area contributed by atoms with Crippen LogP contribution in [0.5, 0.6) is 0 Å². The van der Waals surface area contributed by atoms with E-state index in [2.05, 4.69) is 0 Å². The van der Waals surface area contributed by atoms with Crippen molar-refractivity contribution >= 4 is 11.8 Å². The number of carbonyl (C=O) groups is 2. The molecule has 0 aromatic heterocycles. The molecule has 1 atom stereocenters. The van der Waals surface area contributed by atoms with E-state index in [1.165, 1.54) is 12.0 Å². The molecule has 2 N–H and O–H groups in total. The fourth-order valence-corrected chi connectivity index (χ4v) is 1.56. The van der Waals surface area contributed by atoms with E-state index in [-0.39, 0.29) is 12.5 Å². The molecule has 14 heavy (non-hydrogen) atoms. The van der Waals surface area contributed by atoms with Crippen LogP contribution in [0.2, 0.25) is 0 Å². The van der Waals surface area contributed by atoms with Gasteiger partial charge in [0, 0.05) is 13.7 Å². The minimum absolute atomic E-state index is 0.00236. The lowest BCUT2D eigenvalue weighted by molar-refractivity contribution is -0.142. The Bertz CT molecular complexity index is 230. The highest BCUT2D eigenvalue weighted by molar-refractivity contribution is 5.88. The molecule has 2 amide bonds. The number of rotatable bonds is 3. The molecular formula is C9H15N2O3. The largest absolute Gasteiger partial charge is 0.375 e. The average Bonchev–Trinajstić information content (AvgIpc) is 2.18. The van der Waals surface area contributed by atoms with Gasteiger partial charge in [0.1, 0.15) is 12.6 Å². The molecule has 1 radical (unpaired) electrons. The summed E-state index contributed by atoms with van der Waals surface area (Å²) in [5, 5.41) is 0. The van der Waals surface area contributed by atoms with E-state index in [4.69, 9.17) is 10.5 Å². The number of nitrogens with zero attached hydrogens (tertiary/aromatic N) is 1. The lowest BCUT2D eigenvalue weighted by atomic mass is 10.0. The zero-order valence-electron chi connectivity index (χ0n) is 8.23. The molecule has 5 heteroatoms. The van der Waals surface area contributed by atoms with Gasteiger partial charge in [0.15, 0.2) is 0 Å². The van der Waals surface area contributed by atoms with Crippen LogP contribution >= 0.6 is 0 Å². The van der Waals surface area contributed by atoms with Crippen LogP contribution in [0.4, 0.5) is 0 Å². The summed E-state index contributed by atoms with van der Waals surface area (Å²) < 4.78 is 4.73. The van der Waals surface area contributed by atoms with Crippen molar-refractivity contribution in [2.45, 2.75) is 18.9 Å². The van der Waals surface area contributed by atoms with Gasteiger partial charge in [-0.25, -0.2) is 0 Å². The molecule has 1 saturated heterocycles. The molecule has 5 nitrogen and oxygen atoms in total. The van der Waals surface area contributed by atoms with Gasteiger partial charge in [-0.05, 0) is 19.3 Å². The summed E-state index contributed by atoms with van der Waals surface area (Å²) in [7, 11) is 1.45. The Kier molecular flexibility index (Phi) is 3.88. The SMILES string of the molecule is COCC(=O)N1CCC[CH][C@@H]1C(N)=O. The maximum Gasteiger partial charge on any atom is 0.249 e. The second-order valence-electron chi connectivity index (χ2n) is 3.25. The first-order chi connectivity index (χ1) is 6.66. The number of hydrogen-bond acceptors (Lipinski definition) is 3. The topological polar surface area (TPSA) is 72.6 Å². The van der Waals surface area contributed by atoms with Crippen molar-refractivity contribution in [2.75, 3.05) is 20.3 Å². The van der Waals surface area contributed by atoms with Crippen molar-refractivity contribution in [3.05, 3.63) is 6.42 Å². The third-order valence-corrected chi connectivity index (χ3v) is 2.21. The van der Waals surface area contributed by atoms with E-state index in [0.29, 0.717) is 6.54 Å². The number of ether oxygens (including phenoxy) is 1. The van der Waals surface area contributed by atoms with Crippen LogP contribution in [0.15, 0.2) is 0 Å². The molecule has 1 rings (SSSR count). The number of likely N-dealkylation sites (tertiary alicyclic amines) is 1. The molecule has 0 bridgehead atoms. The van der Waals surface area contributed by atoms with Crippen molar-refractivity contribution < 1.29 is 14.3 Å². The standard InChI is InChI=1S/C9H15N2O3/c1-14-6-8(12)11-5-3-2-4-7(11)9(10)13/h4,7H,2-3,5-6H2,1H3,(H2,10,13)/t7-/m1/s1. The van der Waals surface area contributed by atoms with Gasteiger partial charge < -0.3 is 15.4 Å². The predicted octanol–water partition coefficient (Wildman–Crippen LogP) is -0.687. The van der Waals surface area contributed by atoms with E-state index >= 15 is 0 Å². The molecule has 0 unspecified atom stereocenters. The van der Waals surface area contributed by atoms with Crippen molar-refractivity contribution in [1.29, 1.82) is 0 Å². The van der Waals surface area contributed by atoms with Crippen LogP contribution in [0.25, 0.3) is 0 Å². The van der Waals surface area contributed by atoms with Gasteiger partial charge in [0.25, 0.3) is 0 Å². The van der Waals surface area contributed by atoms with Gasteiger partial charge in [0.2, 0.25) is 11.8 Å². The monoisotopic (exact) mass is 199 g/mol. The second-order valence-corrected chi connectivity index (χ2v) is 3.25. The Morgan fingerprint density at radius 1 is 1.64 bits per heavy atom. The second kappa shape index (κ2) is 4.95. The zero-order chi connectivity index (χ0) is 10.6. The van der Waals surface area contributed by atoms with Gasteiger partial charge in [-0.1, -0.05) is 0 Å². The van der Waals surface area contributed by atoms with Crippen LogP contribution in [0, 0.1) is 6.42 Å². The molecule has 1 fully saturated rings. The zero-order valence-corrected chi connectivity index (χ0v) is 8.23. The predicted molar refractivity (Wildman–Crippen MR) is 50.1 cm³/mol. The lowest BCUT2D eigenvalue weighted by Crippen LogP contribution is -2.51. The minimum Gasteiger partial charge on any atom is -0.375 e. The summed E-state index contributed by atoms with van der Waals surface area (Å²) in [5.74, 6) is -0.665. The first kappa shape index (κ1) is 11.0. The number of amides is 2. The summed E-state index contributed by atoms with van der Waals surface area (Å²) in [5.41, 5.74) is 5.19. The number of primary amides is 1. The number of carbonyl (C=O) groups excluding carboxylic acids is 2. The van der Waals surface area contributed by atoms with Crippen molar-refractivity contribution in [2.24, 2.45) is 5.73 Å². The Labute approximate surface area is 83.2 Å². The summed E-state index contributed by atoms with van der Waals surface area (Å²) in [6.45, 7) is 0.573. The van der Waals surface area contributed by atoms with Crippen LogP contribution in [-0.4, -0.2) is 43.0 Å². The number of piperidine rings is 1. The van der Waals surface area contributed by atoms with E-state index in [1.807, 2.05) is 0 Å². The van der Waals surface area contributed by atoms with Gasteiger partial charge >= 0.3 is 0 Å². The quantitative estimate of drug-likeness (QED) is 0.654. The maximum absolute atomic E-state index is 11.5. The minimum atomic E-state index is -0.564. The highest BCUT2D eigenvalue weighted by Gasteiger charge is 2.30. The van der Waals surface area contributed by atoms with Gasteiger partial charge in [0.05, 0.1) is 0 Å². The highest BCUT2D eigenvalue weighted by atomic mass is 16.5. The summed E-state index contributed by atoms with van der Waals surface area (Å²) >= 11 is 0. The molecule has 0 aromatic carbocycles. The molecule has 0 aliphatic carbocycles. The lowest BCUT2D eigenvalue weighted by Gasteiger charge is -2.33. The van der Waals surface area contributed by atoms with Crippen LogP contribution in [0.3, 0.4) is 0 Å². The average molecular weight is 199 g/mol. The Morgan fingerprint density at radius 2 is 2.36 bits per heavy atom. The van der Waals surface area contributed by atoms with Crippen molar-refractivity contribution in [3.63, 3.8) is 0 Å². The molecule has 0 spiro atoms. The normalized spacial score (nSPS) is 22.1. The van der Waals surface area contributed by atoms with E-state index in [1.54, 1.807) is 6.42 Å². The molecule has 0 aromatic rings. The fraction of sp³-hybridized carbons (Fsp3) is 0.667. The van der Waals surface area contributed by atoms with E-state index in [9.17, 15) is 9.59 Å². The molecular weight excluding hydrogens is 184 g/mol. The first-order valence-corrected chi connectivity index (χ1v) is 4.58. The molecule has 0 saturated carbocycles. The number of methoxy groups -OCH3 is 1. The molecule has 1 aliphatic rings. The first-order valence-electron chi connectivity index (χ1n) is 4.58. The molecule has 1 aliphatic heterocycles. The third kappa shape index (κ3) is 2.45. The van der Waals surface area contributed by atoms with E-state index in [0.717, 1.165) is 12.8 Å². The maximum atomic E-state index is 11.5. The highest BCUT2D eigenvalue weighted by Crippen LogP contribution is 2.15. The number of hydrogen-bond donors (Lipinski definition) is 1.